The molecule has 1 fully saturated rings. The fourth-order valence-electron chi connectivity index (χ4n) is 4.08. The van der Waals surface area contributed by atoms with Gasteiger partial charge in [0, 0.05) is 24.6 Å². The van der Waals surface area contributed by atoms with Crippen LogP contribution in [0.2, 0.25) is 0 Å². The van der Waals surface area contributed by atoms with Gasteiger partial charge in [0.25, 0.3) is 11.8 Å². The number of benzene rings is 2. The molecule has 0 unspecified atom stereocenters. The van der Waals surface area contributed by atoms with E-state index in [0.29, 0.717) is 22.9 Å². The Morgan fingerprint density at radius 2 is 1.76 bits per heavy atom. The monoisotopic (exact) mass is 473 g/mol. The Hall–Kier alpha value is -3.63. The van der Waals surface area contributed by atoms with Crippen molar-refractivity contribution in [2.24, 2.45) is 5.73 Å². The first-order valence-corrected chi connectivity index (χ1v) is 12.2. The first-order chi connectivity index (χ1) is 16.5. The van der Waals surface area contributed by atoms with Gasteiger partial charge in [-0.3, -0.25) is 9.59 Å². The molecule has 1 aliphatic rings. The van der Waals surface area contributed by atoms with Crippen LogP contribution in [0.4, 0.5) is 0 Å². The Morgan fingerprint density at radius 1 is 1.03 bits per heavy atom. The standard InChI is InChI=1S/C27H27N3O3S/c1-2-8-23(31)30-17-7-6-9-20(16-18-30)27-29-24(25(34-27)26(28)32)19-12-14-22(15-13-19)33-21-10-4-3-5-11-21/h3-5,10-15,20H,6-7,9,16-18H2,1H3,(H2,28,32)/t20-/m0/s1. The fourth-order valence-corrected chi connectivity index (χ4v) is 5.19. The molecule has 2 heterocycles. The lowest BCUT2D eigenvalue weighted by Gasteiger charge is -2.26. The maximum absolute atomic E-state index is 12.2. The number of aromatic nitrogens is 1. The summed E-state index contributed by atoms with van der Waals surface area (Å²) in [6, 6.07) is 17.1. The molecule has 4 rings (SSSR count). The molecule has 0 bridgehead atoms. The quantitative estimate of drug-likeness (QED) is 0.516. The minimum absolute atomic E-state index is 0.126. The second kappa shape index (κ2) is 11.0. The van der Waals surface area contributed by atoms with Gasteiger partial charge in [0.1, 0.15) is 16.4 Å². The summed E-state index contributed by atoms with van der Waals surface area (Å²) < 4.78 is 5.87. The molecule has 3 aromatic rings. The highest BCUT2D eigenvalue weighted by molar-refractivity contribution is 7.14. The predicted molar refractivity (Wildman–Crippen MR) is 134 cm³/mol. The first-order valence-electron chi connectivity index (χ1n) is 11.4. The van der Waals surface area contributed by atoms with Crippen molar-refractivity contribution in [2.45, 2.75) is 38.5 Å². The highest BCUT2D eigenvalue weighted by atomic mass is 32.1. The Bertz CT molecular complexity index is 1210. The largest absolute Gasteiger partial charge is 0.457 e. The van der Waals surface area contributed by atoms with Crippen molar-refractivity contribution in [1.29, 1.82) is 0 Å². The van der Waals surface area contributed by atoms with Crippen LogP contribution in [-0.4, -0.2) is 34.8 Å². The minimum Gasteiger partial charge on any atom is -0.457 e. The number of amides is 2. The molecule has 0 radical (unpaired) electrons. The van der Waals surface area contributed by atoms with Crippen LogP contribution in [0, 0.1) is 11.8 Å². The van der Waals surface area contributed by atoms with Crippen molar-refractivity contribution in [3.05, 3.63) is 64.5 Å². The second-order valence-corrected chi connectivity index (χ2v) is 9.21. The zero-order valence-corrected chi connectivity index (χ0v) is 19.9. The molecule has 0 saturated carbocycles. The van der Waals surface area contributed by atoms with E-state index in [0.717, 1.165) is 48.5 Å². The third-order valence-corrected chi connectivity index (χ3v) is 7.05. The average molecular weight is 474 g/mol. The summed E-state index contributed by atoms with van der Waals surface area (Å²) in [7, 11) is 0. The van der Waals surface area contributed by atoms with E-state index in [1.54, 1.807) is 6.92 Å². The van der Waals surface area contributed by atoms with Gasteiger partial charge >= 0.3 is 0 Å². The van der Waals surface area contributed by atoms with Crippen LogP contribution < -0.4 is 10.5 Å². The van der Waals surface area contributed by atoms with E-state index in [9.17, 15) is 9.59 Å². The third-order valence-electron chi connectivity index (χ3n) is 5.82. The zero-order valence-electron chi connectivity index (χ0n) is 19.1. The molecule has 34 heavy (non-hydrogen) atoms. The predicted octanol–water partition coefficient (Wildman–Crippen LogP) is 5.21. The molecule has 0 aliphatic carbocycles. The van der Waals surface area contributed by atoms with Gasteiger partial charge in [0.2, 0.25) is 0 Å². The number of rotatable bonds is 5. The highest BCUT2D eigenvalue weighted by Crippen LogP contribution is 2.37. The molecule has 0 spiro atoms. The summed E-state index contributed by atoms with van der Waals surface area (Å²) in [6.45, 7) is 3.03. The number of hydrogen-bond donors (Lipinski definition) is 1. The van der Waals surface area contributed by atoms with Crippen LogP contribution >= 0.6 is 11.3 Å². The van der Waals surface area contributed by atoms with Crippen molar-refractivity contribution >= 4 is 23.2 Å². The summed E-state index contributed by atoms with van der Waals surface area (Å²) in [6.07, 6.45) is 3.67. The molecule has 2 amide bonds. The van der Waals surface area contributed by atoms with Gasteiger partial charge < -0.3 is 15.4 Å². The molecular formula is C27H27N3O3S. The van der Waals surface area contributed by atoms with Gasteiger partial charge in [0.05, 0.1) is 10.7 Å². The topological polar surface area (TPSA) is 85.5 Å². The normalized spacial score (nSPS) is 16.0. The van der Waals surface area contributed by atoms with Crippen molar-refractivity contribution in [3.63, 3.8) is 0 Å². The van der Waals surface area contributed by atoms with Crippen molar-refractivity contribution in [1.82, 2.24) is 9.88 Å². The van der Waals surface area contributed by atoms with Gasteiger partial charge in [-0.25, -0.2) is 4.98 Å². The summed E-state index contributed by atoms with van der Waals surface area (Å²) in [5.41, 5.74) is 7.14. The summed E-state index contributed by atoms with van der Waals surface area (Å²) in [4.78, 5) is 31.6. The van der Waals surface area contributed by atoms with Crippen LogP contribution in [0.3, 0.4) is 0 Å². The van der Waals surface area contributed by atoms with Crippen molar-refractivity contribution in [2.75, 3.05) is 13.1 Å². The van der Waals surface area contributed by atoms with E-state index in [2.05, 4.69) is 11.8 Å². The van der Waals surface area contributed by atoms with Gasteiger partial charge in [-0.2, -0.15) is 0 Å². The van der Waals surface area contributed by atoms with Crippen LogP contribution in [0.25, 0.3) is 11.3 Å². The van der Waals surface area contributed by atoms with Crippen LogP contribution in [-0.2, 0) is 4.79 Å². The molecule has 1 aromatic heterocycles. The van der Waals surface area contributed by atoms with Gasteiger partial charge in [-0.1, -0.05) is 30.5 Å². The number of ether oxygens (including phenoxy) is 1. The Kier molecular flexibility index (Phi) is 7.61. The summed E-state index contributed by atoms with van der Waals surface area (Å²) in [5, 5.41) is 0.893. The van der Waals surface area contributed by atoms with Gasteiger partial charge in [0.15, 0.2) is 0 Å². The number of carbonyl (C=O) groups is 2. The van der Waals surface area contributed by atoms with Gasteiger partial charge in [-0.05, 0) is 68.5 Å². The number of hydrogen-bond acceptors (Lipinski definition) is 5. The smallest absolute Gasteiger partial charge is 0.298 e. The number of nitrogens with two attached hydrogens (primary N) is 1. The highest BCUT2D eigenvalue weighted by Gasteiger charge is 2.25. The second-order valence-electron chi connectivity index (χ2n) is 8.18. The Labute approximate surface area is 203 Å². The van der Waals surface area contributed by atoms with E-state index in [1.165, 1.54) is 11.3 Å². The molecule has 1 saturated heterocycles. The third kappa shape index (κ3) is 5.64. The molecule has 7 heteroatoms. The van der Waals surface area contributed by atoms with E-state index >= 15 is 0 Å². The lowest BCUT2D eigenvalue weighted by Crippen LogP contribution is -2.33. The van der Waals surface area contributed by atoms with E-state index in [4.69, 9.17) is 15.5 Å². The SMILES string of the molecule is CC#CC(=O)N1CCCC[C@H](c2nc(-c3ccc(Oc4ccccc4)cc3)c(C(N)=O)s2)CC1. The molecule has 1 aliphatic heterocycles. The number of para-hydroxylation sites is 1. The molecule has 174 valence electrons. The van der Waals surface area contributed by atoms with Crippen molar-refractivity contribution < 1.29 is 14.3 Å². The number of likely N-dealkylation sites (tertiary alicyclic amines) is 1. The number of primary amides is 1. The summed E-state index contributed by atoms with van der Waals surface area (Å²) in [5.74, 6) is 6.35. The maximum Gasteiger partial charge on any atom is 0.298 e. The minimum atomic E-state index is -0.482. The lowest BCUT2D eigenvalue weighted by molar-refractivity contribution is -0.125. The summed E-state index contributed by atoms with van der Waals surface area (Å²) >= 11 is 1.36. The Morgan fingerprint density at radius 3 is 2.47 bits per heavy atom. The molecule has 6 nitrogen and oxygen atoms in total. The molecule has 2 aromatic carbocycles. The van der Waals surface area contributed by atoms with Crippen molar-refractivity contribution in [3.8, 4) is 34.6 Å². The Balaban J connectivity index is 1.55. The van der Waals surface area contributed by atoms with E-state index in [1.807, 2.05) is 59.5 Å². The van der Waals surface area contributed by atoms with Crippen LogP contribution in [0.1, 0.15) is 53.2 Å². The van der Waals surface area contributed by atoms with Gasteiger partial charge in [-0.15, -0.1) is 11.3 Å². The first kappa shape index (κ1) is 23.5. The van der Waals surface area contributed by atoms with Crippen LogP contribution in [0.5, 0.6) is 11.5 Å². The average Bonchev–Trinajstić information content (AvgIpc) is 3.26. The molecule has 1 atom stereocenters. The van der Waals surface area contributed by atoms with E-state index in [-0.39, 0.29) is 11.8 Å². The maximum atomic E-state index is 12.2. The number of thiazole rings is 1. The fraction of sp³-hybridized carbons (Fsp3) is 0.296. The number of nitrogens with zero attached hydrogens (tertiary/aromatic N) is 2. The zero-order chi connectivity index (χ0) is 23.9. The van der Waals surface area contributed by atoms with Crippen LogP contribution in [0.15, 0.2) is 54.6 Å². The molecular weight excluding hydrogens is 446 g/mol. The lowest BCUT2D eigenvalue weighted by atomic mass is 9.96. The number of carbonyl (C=O) groups excluding carboxylic acids is 2. The molecule has 2 N–H and O–H groups in total. The van der Waals surface area contributed by atoms with E-state index < -0.39 is 5.91 Å².